The smallest absolute Gasteiger partial charge is 0.228 e. The molecule has 0 aliphatic carbocycles. The van der Waals surface area contributed by atoms with E-state index in [1.807, 2.05) is 13.1 Å². The highest BCUT2D eigenvalue weighted by Crippen LogP contribution is 2.21. The third kappa shape index (κ3) is 4.67. The van der Waals surface area contributed by atoms with Crippen LogP contribution in [0.15, 0.2) is 34.9 Å². The average Bonchev–Trinajstić information content (AvgIpc) is 2.90. The SMILES string of the molecule is CNC(Cc1nc(CCc2ccccc2)no1)C(C)(C)C. The zero-order chi connectivity index (χ0) is 15.3. The largest absolute Gasteiger partial charge is 0.339 e. The minimum absolute atomic E-state index is 0.160. The van der Waals surface area contributed by atoms with Gasteiger partial charge in [-0.3, -0.25) is 0 Å². The Kier molecular flexibility index (Phi) is 5.12. The minimum atomic E-state index is 0.160. The monoisotopic (exact) mass is 287 g/mol. The maximum atomic E-state index is 5.38. The van der Waals surface area contributed by atoms with Crippen molar-refractivity contribution < 1.29 is 4.52 Å². The molecule has 114 valence electrons. The third-order valence-electron chi connectivity index (χ3n) is 3.76. The Labute approximate surface area is 127 Å². The molecule has 0 fully saturated rings. The molecule has 0 spiro atoms. The topological polar surface area (TPSA) is 51.0 Å². The van der Waals surface area contributed by atoms with Gasteiger partial charge in [-0.1, -0.05) is 56.3 Å². The highest BCUT2D eigenvalue weighted by molar-refractivity contribution is 5.15. The van der Waals surface area contributed by atoms with E-state index in [0.29, 0.717) is 11.9 Å². The number of hydrogen-bond acceptors (Lipinski definition) is 4. The molecule has 21 heavy (non-hydrogen) atoms. The Balaban J connectivity index is 1.92. The van der Waals surface area contributed by atoms with E-state index in [1.165, 1.54) is 5.56 Å². The van der Waals surface area contributed by atoms with Gasteiger partial charge < -0.3 is 9.84 Å². The summed E-state index contributed by atoms with van der Waals surface area (Å²) in [7, 11) is 1.97. The molecule has 1 N–H and O–H groups in total. The van der Waals surface area contributed by atoms with Gasteiger partial charge in [-0.05, 0) is 24.4 Å². The predicted molar refractivity (Wildman–Crippen MR) is 84.2 cm³/mol. The van der Waals surface area contributed by atoms with E-state index in [0.717, 1.165) is 25.1 Å². The highest BCUT2D eigenvalue weighted by Gasteiger charge is 2.25. The van der Waals surface area contributed by atoms with Gasteiger partial charge in [-0.15, -0.1) is 0 Å². The van der Waals surface area contributed by atoms with Gasteiger partial charge in [-0.25, -0.2) is 0 Å². The van der Waals surface area contributed by atoms with Crippen LogP contribution >= 0.6 is 0 Å². The molecule has 4 heteroatoms. The first kappa shape index (κ1) is 15.7. The molecule has 1 unspecified atom stereocenters. The number of aromatic nitrogens is 2. The van der Waals surface area contributed by atoms with Gasteiger partial charge in [0.15, 0.2) is 5.82 Å². The second-order valence-electron chi connectivity index (χ2n) is 6.50. The second-order valence-corrected chi connectivity index (χ2v) is 6.50. The first-order chi connectivity index (χ1) is 9.99. The quantitative estimate of drug-likeness (QED) is 0.887. The predicted octanol–water partition coefficient (Wildman–Crippen LogP) is 3.03. The Morgan fingerprint density at radius 3 is 2.48 bits per heavy atom. The van der Waals surface area contributed by atoms with Crippen LogP contribution in [0.4, 0.5) is 0 Å². The van der Waals surface area contributed by atoms with Gasteiger partial charge in [-0.2, -0.15) is 4.98 Å². The fourth-order valence-electron chi connectivity index (χ4n) is 2.39. The number of aryl methyl sites for hydroxylation is 2. The summed E-state index contributed by atoms with van der Waals surface area (Å²) in [6.45, 7) is 6.63. The maximum Gasteiger partial charge on any atom is 0.228 e. The zero-order valence-corrected chi connectivity index (χ0v) is 13.4. The number of hydrogen-bond donors (Lipinski definition) is 1. The van der Waals surface area contributed by atoms with E-state index in [-0.39, 0.29) is 5.41 Å². The first-order valence-electron chi connectivity index (χ1n) is 7.51. The van der Waals surface area contributed by atoms with Gasteiger partial charge in [0.25, 0.3) is 0 Å². The van der Waals surface area contributed by atoms with Crippen molar-refractivity contribution in [1.29, 1.82) is 0 Å². The Hall–Kier alpha value is -1.68. The van der Waals surface area contributed by atoms with Crippen molar-refractivity contribution >= 4 is 0 Å². The average molecular weight is 287 g/mol. The molecule has 0 radical (unpaired) electrons. The van der Waals surface area contributed by atoms with Crippen LogP contribution in [0.5, 0.6) is 0 Å². The lowest BCUT2D eigenvalue weighted by molar-refractivity contribution is 0.255. The highest BCUT2D eigenvalue weighted by atomic mass is 16.5. The summed E-state index contributed by atoms with van der Waals surface area (Å²) in [6.07, 6.45) is 2.51. The number of nitrogens with one attached hydrogen (secondary N) is 1. The number of likely N-dealkylation sites (N-methyl/N-ethyl adjacent to an activating group) is 1. The van der Waals surface area contributed by atoms with E-state index < -0.39 is 0 Å². The van der Waals surface area contributed by atoms with Crippen molar-refractivity contribution in [1.82, 2.24) is 15.5 Å². The summed E-state index contributed by atoms with van der Waals surface area (Å²) in [5, 5.41) is 7.42. The summed E-state index contributed by atoms with van der Waals surface area (Å²) < 4.78 is 5.38. The van der Waals surface area contributed by atoms with Crippen LogP contribution in [0.25, 0.3) is 0 Å². The molecule has 1 aromatic heterocycles. The van der Waals surface area contributed by atoms with Crippen molar-refractivity contribution in [3.05, 3.63) is 47.6 Å². The van der Waals surface area contributed by atoms with Crippen LogP contribution in [0.2, 0.25) is 0 Å². The molecule has 0 bridgehead atoms. The maximum absolute atomic E-state index is 5.38. The molecule has 0 saturated heterocycles. The van der Waals surface area contributed by atoms with E-state index >= 15 is 0 Å². The van der Waals surface area contributed by atoms with Crippen LogP contribution in [0, 0.1) is 5.41 Å². The summed E-state index contributed by atoms with van der Waals surface area (Å²) >= 11 is 0. The van der Waals surface area contributed by atoms with Crippen molar-refractivity contribution in [2.24, 2.45) is 5.41 Å². The van der Waals surface area contributed by atoms with Gasteiger partial charge in [0.2, 0.25) is 5.89 Å². The zero-order valence-electron chi connectivity index (χ0n) is 13.4. The van der Waals surface area contributed by atoms with Crippen LogP contribution in [0.3, 0.4) is 0 Å². The molecular formula is C17H25N3O. The van der Waals surface area contributed by atoms with E-state index in [9.17, 15) is 0 Å². The van der Waals surface area contributed by atoms with Crippen LogP contribution in [0.1, 0.15) is 38.0 Å². The lowest BCUT2D eigenvalue weighted by atomic mass is 9.85. The Morgan fingerprint density at radius 1 is 1.14 bits per heavy atom. The second kappa shape index (κ2) is 6.85. The summed E-state index contributed by atoms with van der Waals surface area (Å²) in [4.78, 5) is 4.51. The molecule has 0 saturated carbocycles. The van der Waals surface area contributed by atoms with E-state index in [4.69, 9.17) is 4.52 Å². The molecular weight excluding hydrogens is 262 g/mol. The molecule has 4 nitrogen and oxygen atoms in total. The lowest BCUT2D eigenvalue weighted by Crippen LogP contribution is -2.39. The molecule has 0 amide bonds. The Morgan fingerprint density at radius 2 is 1.86 bits per heavy atom. The van der Waals surface area contributed by atoms with E-state index in [1.54, 1.807) is 0 Å². The molecule has 0 aliphatic heterocycles. The van der Waals surface area contributed by atoms with Crippen molar-refractivity contribution in [2.45, 2.75) is 46.1 Å². The summed E-state index contributed by atoms with van der Waals surface area (Å²) in [5.41, 5.74) is 1.46. The minimum Gasteiger partial charge on any atom is -0.339 e. The third-order valence-corrected chi connectivity index (χ3v) is 3.76. The fourth-order valence-corrected chi connectivity index (χ4v) is 2.39. The summed E-state index contributed by atoms with van der Waals surface area (Å²) in [5.74, 6) is 1.50. The molecule has 2 rings (SSSR count). The molecule has 2 aromatic rings. The number of benzene rings is 1. The Bertz CT molecular complexity index is 543. The van der Waals surface area contributed by atoms with Crippen LogP contribution < -0.4 is 5.32 Å². The van der Waals surface area contributed by atoms with Crippen molar-refractivity contribution in [3.8, 4) is 0 Å². The van der Waals surface area contributed by atoms with Gasteiger partial charge in [0, 0.05) is 18.9 Å². The van der Waals surface area contributed by atoms with Crippen LogP contribution in [-0.4, -0.2) is 23.2 Å². The molecule has 1 heterocycles. The molecule has 0 aliphatic rings. The van der Waals surface area contributed by atoms with Gasteiger partial charge >= 0.3 is 0 Å². The van der Waals surface area contributed by atoms with Gasteiger partial charge in [0.05, 0.1) is 0 Å². The van der Waals surface area contributed by atoms with Crippen LogP contribution in [-0.2, 0) is 19.3 Å². The normalized spacial score (nSPS) is 13.3. The summed E-state index contributed by atoms with van der Waals surface area (Å²) in [6, 6.07) is 10.7. The lowest BCUT2D eigenvalue weighted by Gasteiger charge is -2.29. The first-order valence-corrected chi connectivity index (χ1v) is 7.51. The number of nitrogens with zero attached hydrogens (tertiary/aromatic N) is 2. The van der Waals surface area contributed by atoms with Crippen molar-refractivity contribution in [3.63, 3.8) is 0 Å². The molecule has 1 aromatic carbocycles. The van der Waals surface area contributed by atoms with E-state index in [2.05, 4.69) is 60.5 Å². The fraction of sp³-hybridized carbons (Fsp3) is 0.529. The number of rotatable bonds is 6. The molecule has 1 atom stereocenters. The van der Waals surface area contributed by atoms with Crippen molar-refractivity contribution in [2.75, 3.05) is 7.05 Å². The standard InChI is InChI=1S/C17H25N3O/c1-17(2,3)14(18-4)12-16-19-15(20-21-16)11-10-13-8-6-5-7-9-13/h5-9,14,18H,10-12H2,1-4H3. The van der Waals surface area contributed by atoms with Gasteiger partial charge in [0.1, 0.15) is 0 Å².